The van der Waals surface area contributed by atoms with Crippen LogP contribution >= 0.6 is 0 Å². The van der Waals surface area contributed by atoms with Gasteiger partial charge in [-0.1, -0.05) is 38.7 Å². The first kappa shape index (κ1) is 22.9. The Labute approximate surface area is 162 Å². The number of rotatable bonds is 7. The maximum atomic E-state index is 13.7. The van der Waals surface area contributed by atoms with Gasteiger partial charge in [0.05, 0.1) is 12.2 Å². The zero-order valence-corrected chi connectivity index (χ0v) is 16.3. The molecule has 0 radical (unpaired) electrons. The maximum absolute atomic E-state index is 13.7. The second-order valence-electron chi connectivity index (χ2n) is 7.54. The molecule has 1 saturated carbocycles. The molecule has 7 heteroatoms. The molecular formula is C21H28F6O. The van der Waals surface area contributed by atoms with Gasteiger partial charge < -0.3 is 4.74 Å². The van der Waals surface area contributed by atoms with E-state index in [1.807, 2.05) is 0 Å². The smallest absolute Gasteiger partial charge is 0.420 e. The van der Waals surface area contributed by atoms with Crippen LogP contribution in [-0.4, -0.2) is 6.61 Å². The van der Waals surface area contributed by atoms with Gasteiger partial charge >= 0.3 is 12.4 Å². The predicted octanol–water partition coefficient (Wildman–Crippen LogP) is 7.98. The molecule has 0 aliphatic heterocycles. The van der Waals surface area contributed by atoms with Crippen molar-refractivity contribution in [2.45, 2.75) is 83.5 Å². The zero-order chi connectivity index (χ0) is 20.9. The highest BCUT2D eigenvalue weighted by molar-refractivity contribution is 5.50. The van der Waals surface area contributed by atoms with Crippen molar-refractivity contribution in [3.8, 4) is 5.75 Å². The van der Waals surface area contributed by atoms with Gasteiger partial charge in [0.2, 0.25) is 0 Å². The minimum Gasteiger partial charge on any atom is -0.493 e. The number of benzene rings is 1. The van der Waals surface area contributed by atoms with Gasteiger partial charge in [-0.2, -0.15) is 26.3 Å². The number of hydrogen-bond donors (Lipinski definition) is 0. The first-order valence-corrected chi connectivity index (χ1v) is 10.0. The van der Waals surface area contributed by atoms with Crippen LogP contribution < -0.4 is 4.74 Å². The fourth-order valence-electron chi connectivity index (χ4n) is 4.25. The van der Waals surface area contributed by atoms with Crippen LogP contribution in [0.2, 0.25) is 0 Å². The monoisotopic (exact) mass is 410 g/mol. The van der Waals surface area contributed by atoms with Crippen molar-refractivity contribution >= 4 is 0 Å². The van der Waals surface area contributed by atoms with Crippen molar-refractivity contribution in [3.05, 3.63) is 28.8 Å². The van der Waals surface area contributed by atoms with Crippen LogP contribution in [0.5, 0.6) is 5.75 Å². The molecule has 0 aromatic heterocycles. The molecule has 0 atom stereocenters. The van der Waals surface area contributed by atoms with Crippen molar-refractivity contribution < 1.29 is 31.1 Å². The first-order chi connectivity index (χ1) is 13.1. The highest BCUT2D eigenvalue weighted by atomic mass is 19.4. The van der Waals surface area contributed by atoms with E-state index >= 15 is 0 Å². The number of halogens is 6. The lowest BCUT2D eigenvalue weighted by atomic mass is 9.75. The molecule has 0 heterocycles. The molecule has 0 saturated heterocycles. The summed E-state index contributed by atoms with van der Waals surface area (Å²) in [5.74, 6) is -0.794. The summed E-state index contributed by atoms with van der Waals surface area (Å²) >= 11 is 0. The van der Waals surface area contributed by atoms with Gasteiger partial charge in [0, 0.05) is 0 Å². The molecule has 1 aromatic rings. The third-order valence-electron chi connectivity index (χ3n) is 5.57. The average molecular weight is 410 g/mol. The van der Waals surface area contributed by atoms with Crippen LogP contribution in [0.25, 0.3) is 0 Å². The minimum atomic E-state index is -5.14. The van der Waals surface area contributed by atoms with Gasteiger partial charge in [0.25, 0.3) is 0 Å². The number of alkyl halides is 6. The molecule has 160 valence electrons. The molecule has 28 heavy (non-hydrogen) atoms. The van der Waals surface area contributed by atoms with Gasteiger partial charge in [-0.05, 0) is 56.1 Å². The quantitative estimate of drug-likeness (QED) is 0.327. The lowest BCUT2D eigenvalue weighted by Gasteiger charge is -2.32. The van der Waals surface area contributed by atoms with E-state index < -0.39 is 35.1 Å². The first-order valence-electron chi connectivity index (χ1n) is 10.0. The van der Waals surface area contributed by atoms with Crippen LogP contribution in [-0.2, 0) is 12.4 Å². The van der Waals surface area contributed by atoms with Crippen molar-refractivity contribution in [2.24, 2.45) is 5.92 Å². The van der Waals surface area contributed by atoms with Crippen molar-refractivity contribution in [1.29, 1.82) is 0 Å². The van der Waals surface area contributed by atoms with Crippen molar-refractivity contribution in [1.82, 2.24) is 0 Å². The van der Waals surface area contributed by atoms with E-state index in [1.54, 1.807) is 0 Å². The normalized spacial score (nSPS) is 21.0. The minimum absolute atomic E-state index is 0.136. The van der Waals surface area contributed by atoms with E-state index in [0.717, 1.165) is 44.6 Å². The highest BCUT2D eigenvalue weighted by Crippen LogP contribution is 2.50. The van der Waals surface area contributed by atoms with Crippen LogP contribution in [0.15, 0.2) is 12.1 Å². The van der Waals surface area contributed by atoms with Crippen LogP contribution in [0.1, 0.15) is 87.8 Å². The Morgan fingerprint density at radius 3 is 1.96 bits per heavy atom. The van der Waals surface area contributed by atoms with E-state index in [2.05, 4.69) is 6.92 Å². The zero-order valence-electron chi connectivity index (χ0n) is 16.3. The summed E-state index contributed by atoms with van der Waals surface area (Å²) in [6.45, 7) is 3.42. The molecule has 1 aliphatic rings. The number of unbranched alkanes of at least 4 members (excludes halogenated alkanes) is 2. The van der Waals surface area contributed by atoms with E-state index in [4.69, 9.17) is 4.74 Å². The topological polar surface area (TPSA) is 9.23 Å². The highest BCUT2D eigenvalue weighted by Gasteiger charge is 2.48. The molecular weight excluding hydrogens is 382 g/mol. The summed E-state index contributed by atoms with van der Waals surface area (Å²) in [5, 5.41) is 0. The van der Waals surface area contributed by atoms with E-state index in [9.17, 15) is 26.3 Å². The Kier molecular flexibility index (Phi) is 7.68. The summed E-state index contributed by atoms with van der Waals surface area (Å²) < 4.78 is 86.8. The maximum Gasteiger partial charge on any atom is 0.420 e. The van der Waals surface area contributed by atoms with E-state index in [-0.39, 0.29) is 12.2 Å². The second-order valence-corrected chi connectivity index (χ2v) is 7.54. The Hall–Kier alpha value is -1.40. The Balaban J connectivity index is 2.35. The second kappa shape index (κ2) is 9.40. The third kappa shape index (κ3) is 5.57. The predicted molar refractivity (Wildman–Crippen MR) is 96.5 cm³/mol. The van der Waals surface area contributed by atoms with Crippen molar-refractivity contribution in [3.63, 3.8) is 0 Å². The molecule has 0 unspecified atom stereocenters. The summed E-state index contributed by atoms with van der Waals surface area (Å²) in [6, 6.07) is 2.23. The van der Waals surface area contributed by atoms with Gasteiger partial charge in [-0.3, -0.25) is 0 Å². The molecule has 1 aromatic carbocycles. The van der Waals surface area contributed by atoms with Crippen molar-refractivity contribution in [2.75, 3.05) is 6.61 Å². The van der Waals surface area contributed by atoms with Gasteiger partial charge in [0.1, 0.15) is 11.3 Å². The molecule has 1 aliphatic carbocycles. The average Bonchev–Trinajstić information content (AvgIpc) is 2.61. The van der Waals surface area contributed by atoms with Crippen LogP contribution in [0.4, 0.5) is 26.3 Å². The largest absolute Gasteiger partial charge is 0.493 e. The van der Waals surface area contributed by atoms with E-state index in [0.29, 0.717) is 18.8 Å². The van der Waals surface area contributed by atoms with Gasteiger partial charge in [0.15, 0.2) is 0 Å². The van der Waals surface area contributed by atoms with Crippen LogP contribution in [0.3, 0.4) is 0 Å². The fourth-order valence-corrected chi connectivity index (χ4v) is 4.25. The Morgan fingerprint density at radius 1 is 0.857 bits per heavy atom. The van der Waals surface area contributed by atoms with Gasteiger partial charge in [-0.15, -0.1) is 0 Å². The standard InChI is InChI=1S/C21H28F6O/c1-3-5-6-7-14-8-10-15(11-9-14)16-12-13-17(28-4-2)19(21(25,26)27)18(16)20(22,23)24/h12-15H,3-11H2,1-2H3. The summed E-state index contributed by atoms with van der Waals surface area (Å²) in [4.78, 5) is 0. The molecule has 0 spiro atoms. The molecule has 2 rings (SSSR count). The molecule has 0 bridgehead atoms. The number of ether oxygens (including phenoxy) is 1. The SMILES string of the molecule is CCCCCC1CCC(c2ccc(OCC)c(C(F)(F)F)c2C(F)(F)F)CC1. The molecule has 1 nitrogen and oxygen atoms in total. The lowest BCUT2D eigenvalue weighted by Crippen LogP contribution is -2.23. The van der Waals surface area contributed by atoms with Gasteiger partial charge in [-0.25, -0.2) is 0 Å². The lowest BCUT2D eigenvalue weighted by molar-refractivity contribution is -0.163. The molecule has 0 amide bonds. The van der Waals surface area contributed by atoms with Crippen LogP contribution in [0, 0.1) is 5.92 Å². The summed E-state index contributed by atoms with van der Waals surface area (Å²) in [7, 11) is 0. The summed E-state index contributed by atoms with van der Waals surface area (Å²) in [6.07, 6.45) is -3.34. The molecule has 0 N–H and O–H groups in total. The van der Waals surface area contributed by atoms with E-state index in [1.165, 1.54) is 13.0 Å². The summed E-state index contributed by atoms with van der Waals surface area (Å²) in [5.41, 5.74) is -3.50. The molecule has 1 fully saturated rings. The fraction of sp³-hybridized carbons (Fsp3) is 0.714. The Bertz CT molecular complexity index is 627. The number of hydrogen-bond acceptors (Lipinski definition) is 1. The third-order valence-corrected chi connectivity index (χ3v) is 5.57. The Morgan fingerprint density at radius 2 is 1.46 bits per heavy atom.